The first-order chi connectivity index (χ1) is 13.1. The van der Waals surface area contributed by atoms with E-state index < -0.39 is 6.10 Å². The van der Waals surface area contributed by atoms with E-state index in [1.165, 1.54) is 0 Å². The maximum atomic E-state index is 12.4. The van der Waals surface area contributed by atoms with E-state index in [-0.39, 0.29) is 5.91 Å². The number of hydrogen-bond acceptors (Lipinski definition) is 5. The van der Waals surface area contributed by atoms with Crippen LogP contribution < -0.4 is 24.3 Å². The highest BCUT2D eigenvalue weighted by Crippen LogP contribution is 2.27. The van der Waals surface area contributed by atoms with Gasteiger partial charge in [-0.25, -0.2) is 0 Å². The van der Waals surface area contributed by atoms with Gasteiger partial charge in [0.1, 0.15) is 11.5 Å². The number of nitrogens with one attached hydrogen (secondary N) is 1. The highest BCUT2D eigenvalue weighted by atomic mass is 16.5. The van der Waals surface area contributed by atoms with Gasteiger partial charge in [0.25, 0.3) is 5.91 Å². The van der Waals surface area contributed by atoms with Gasteiger partial charge in [0.15, 0.2) is 17.6 Å². The number of carbonyl (C=O) groups excluding carboxylic acids is 1. The average Bonchev–Trinajstić information content (AvgIpc) is 2.71. The van der Waals surface area contributed by atoms with Crippen LogP contribution in [0.25, 0.3) is 0 Å². The standard InChI is InChI=1S/C21H27NO5/c1-5-18(27-17-8-6-7-16(14-17)24-2)21(23)22-12-11-15-9-10-19(25-3)20(13-15)26-4/h6-10,13-14,18H,5,11-12H2,1-4H3,(H,22,23)/t18-/m1/s1. The molecule has 0 radical (unpaired) electrons. The van der Waals surface area contributed by atoms with Crippen molar-refractivity contribution in [2.24, 2.45) is 0 Å². The lowest BCUT2D eigenvalue weighted by molar-refractivity contribution is -0.128. The van der Waals surface area contributed by atoms with Gasteiger partial charge >= 0.3 is 0 Å². The fourth-order valence-corrected chi connectivity index (χ4v) is 2.64. The predicted molar refractivity (Wildman–Crippen MR) is 104 cm³/mol. The van der Waals surface area contributed by atoms with Crippen molar-refractivity contribution in [2.45, 2.75) is 25.9 Å². The highest BCUT2D eigenvalue weighted by Gasteiger charge is 2.18. The average molecular weight is 373 g/mol. The SMILES string of the molecule is CC[C@@H](Oc1cccc(OC)c1)C(=O)NCCc1ccc(OC)c(OC)c1. The third kappa shape index (κ3) is 5.81. The first kappa shape index (κ1) is 20.4. The molecule has 0 unspecified atom stereocenters. The quantitative estimate of drug-likeness (QED) is 0.693. The van der Waals surface area contributed by atoms with E-state index in [1.807, 2.05) is 43.3 Å². The molecule has 146 valence electrons. The number of carbonyl (C=O) groups is 1. The molecule has 27 heavy (non-hydrogen) atoms. The second-order valence-corrected chi connectivity index (χ2v) is 5.92. The zero-order chi connectivity index (χ0) is 19.6. The molecule has 0 aliphatic rings. The maximum absolute atomic E-state index is 12.4. The first-order valence-corrected chi connectivity index (χ1v) is 8.90. The summed E-state index contributed by atoms with van der Waals surface area (Å²) in [6.07, 6.45) is 0.698. The Morgan fingerprint density at radius 3 is 2.37 bits per heavy atom. The Hall–Kier alpha value is -2.89. The minimum absolute atomic E-state index is 0.138. The summed E-state index contributed by atoms with van der Waals surface area (Å²) < 4.78 is 21.5. The molecule has 0 aromatic heterocycles. The normalized spacial score (nSPS) is 11.4. The molecule has 2 rings (SSSR count). The summed E-state index contributed by atoms with van der Waals surface area (Å²) >= 11 is 0. The van der Waals surface area contributed by atoms with Crippen LogP contribution >= 0.6 is 0 Å². The van der Waals surface area contributed by atoms with Crippen molar-refractivity contribution in [1.29, 1.82) is 0 Å². The minimum Gasteiger partial charge on any atom is -0.497 e. The number of methoxy groups -OCH3 is 3. The molecular formula is C21H27NO5. The zero-order valence-electron chi connectivity index (χ0n) is 16.3. The molecule has 0 bridgehead atoms. The van der Waals surface area contributed by atoms with Crippen molar-refractivity contribution >= 4 is 5.91 Å². The molecule has 2 aromatic rings. The van der Waals surface area contributed by atoms with Gasteiger partial charge in [-0.15, -0.1) is 0 Å². The van der Waals surface area contributed by atoms with Gasteiger partial charge in [-0.1, -0.05) is 19.1 Å². The summed E-state index contributed by atoms with van der Waals surface area (Å²) in [6, 6.07) is 13.0. The van der Waals surface area contributed by atoms with Crippen LogP contribution in [0.5, 0.6) is 23.0 Å². The Balaban J connectivity index is 1.89. The lowest BCUT2D eigenvalue weighted by Gasteiger charge is -2.18. The molecule has 0 heterocycles. The summed E-state index contributed by atoms with van der Waals surface area (Å²) in [6.45, 7) is 2.42. The predicted octanol–water partition coefficient (Wildman–Crippen LogP) is 3.23. The van der Waals surface area contributed by atoms with Crippen LogP contribution in [0, 0.1) is 0 Å². The molecule has 1 amide bonds. The first-order valence-electron chi connectivity index (χ1n) is 8.90. The van der Waals surface area contributed by atoms with E-state index in [0.29, 0.717) is 42.4 Å². The smallest absolute Gasteiger partial charge is 0.261 e. The van der Waals surface area contributed by atoms with E-state index in [0.717, 1.165) is 5.56 Å². The molecule has 2 aromatic carbocycles. The molecule has 0 saturated carbocycles. The Bertz CT molecular complexity index is 747. The summed E-state index contributed by atoms with van der Waals surface area (Å²) in [7, 11) is 4.80. The van der Waals surface area contributed by atoms with Gasteiger partial charge in [0, 0.05) is 12.6 Å². The molecule has 0 aliphatic carbocycles. The summed E-state index contributed by atoms with van der Waals surface area (Å²) in [5.74, 6) is 2.52. The van der Waals surface area contributed by atoms with E-state index in [9.17, 15) is 4.79 Å². The molecule has 0 spiro atoms. The van der Waals surface area contributed by atoms with Crippen molar-refractivity contribution in [1.82, 2.24) is 5.32 Å². The second-order valence-electron chi connectivity index (χ2n) is 5.92. The fraction of sp³-hybridized carbons (Fsp3) is 0.381. The molecule has 6 nitrogen and oxygen atoms in total. The Labute approximate surface area is 160 Å². The zero-order valence-corrected chi connectivity index (χ0v) is 16.3. The van der Waals surface area contributed by atoms with Crippen LogP contribution in [0.15, 0.2) is 42.5 Å². The van der Waals surface area contributed by atoms with Crippen LogP contribution in [0.3, 0.4) is 0 Å². The third-order valence-corrected chi connectivity index (χ3v) is 4.14. The van der Waals surface area contributed by atoms with Crippen LogP contribution in [0.1, 0.15) is 18.9 Å². The number of rotatable bonds is 10. The summed E-state index contributed by atoms with van der Waals surface area (Å²) in [4.78, 5) is 12.4. The Morgan fingerprint density at radius 2 is 1.70 bits per heavy atom. The van der Waals surface area contributed by atoms with Crippen LogP contribution in [-0.2, 0) is 11.2 Å². The highest BCUT2D eigenvalue weighted by molar-refractivity contribution is 5.81. The van der Waals surface area contributed by atoms with Crippen LogP contribution in [0.2, 0.25) is 0 Å². The minimum atomic E-state index is -0.553. The molecule has 6 heteroatoms. The number of hydrogen-bond donors (Lipinski definition) is 1. The van der Waals surface area contributed by atoms with Crippen molar-refractivity contribution in [3.8, 4) is 23.0 Å². The van der Waals surface area contributed by atoms with Gasteiger partial charge in [-0.3, -0.25) is 4.79 Å². The van der Waals surface area contributed by atoms with E-state index in [1.54, 1.807) is 27.4 Å². The lowest BCUT2D eigenvalue weighted by atomic mass is 10.1. The molecule has 0 saturated heterocycles. The van der Waals surface area contributed by atoms with E-state index >= 15 is 0 Å². The molecular weight excluding hydrogens is 346 g/mol. The third-order valence-electron chi connectivity index (χ3n) is 4.14. The largest absolute Gasteiger partial charge is 0.497 e. The van der Waals surface area contributed by atoms with Gasteiger partial charge in [0.05, 0.1) is 21.3 Å². The van der Waals surface area contributed by atoms with Crippen molar-refractivity contribution in [3.05, 3.63) is 48.0 Å². The van der Waals surface area contributed by atoms with Crippen LogP contribution in [-0.4, -0.2) is 39.9 Å². The Kier molecular flexibility index (Phi) is 7.79. The van der Waals surface area contributed by atoms with Crippen molar-refractivity contribution in [3.63, 3.8) is 0 Å². The fourth-order valence-electron chi connectivity index (χ4n) is 2.64. The lowest BCUT2D eigenvalue weighted by Crippen LogP contribution is -2.38. The van der Waals surface area contributed by atoms with Crippen LogP contribution in [0.4, 0.5) is 0 Å². The second kappa shape index (κ2) is 10.3. The maximum Gasteiger partial charge on any atom is 0.261 e. The van der Waals surface area contributed by atoms with Gasteiger partial charge in [-0.05, 0) is 42.7 Å². The van der Waals surface area contributed by atoms with E-state index in [4.69, 9.17) is 18.9 Å². The number of amides is 1. The van der Waals surface area contributed by atoms with Gasteiger partial charge < -0.3 is 24.3 Å². The van der Waals surface area contributed by atoms with Crippen molar-refractivity contribution < 1.29 is 23.7 Å². The van der Waals surface area contributed by atoms with Gasteiger partial charge in [0.2, 0.25) is 0 Å². The molecule has 0 fully saturated rings. The molecule has 1 N–H and O–H groups in total. The Morgan fingerprint density at radius 1 is 0.963 bits per heavy atom. The molecule has 0 aliphatic heterocycles. The molecule has 1 atom stereocenters. The number of benzene rings is 2. The van der Waals surface area contributed by atoms with Crippen molar-refractivity contribution in [2.75, 3.05) is 27.9 Å². The van der Waals surface area contributed by atoms with E-state index in [2.05, 4.69) is 5.32 Å². The summed E-state index contributed by atoms with van der Waals surface area (Å²) in [5, 5.41) is 2.93. The topological polar surface area (TPSA) is 66.0 Å². The summed E-state index contributed by atoms with van der Waals surface area (Å²) in [5.41, 5.74) is 1.05. The number of ether oxygens (including phenoxy) is 4. The van der Waals surface area contributed by atoms with Gasteiger partial charge in [-0.2, -0.15) is 0 Å². The monoisotopic (exact) mass is 373 g/mol.